The summed E-state index contributed by atoms with van der Waals surface area (Å²) in [5, 5.41) is 2.67. The van der Waals surface area contributed by atoms with Crippen molar-refractivity contribution in [3.8, 4) is 0 Å². The van der Waals surface area contributed by atoms with E-state index in [4.69, 9.17) is 16.3 Å². The molecular formula is C21H25ClN2O5S. The monoisotopic (exact) mass is 452 g/mol. The van der Waals surface area contributed by atoms with Crippen LogP contribution in [0.1, 0.15) is 42.6 Å². The van der Waals surface area contributed by atoms with Gasteiger partial charge in [-0.05, 0) is 48.7 Å². The number of amides is 1. The average Bonchev–Trinajstić information content (AvgIpc) is 2.68. The Morgan fingerprint density at radius 2 is 1.63 bits per heavy atom. The van der Waals surface area contributed by atoms with Crippen LogP contribution < -0.4 is 5.32 Å². The van der Waals surface area contributed by atoms with Gasteiger partial charge in [0.15, 0.2) is 6.10 Å². The van der Waals surface area contributed by atoms with E-state index in [2.05, 4.69) is 19.2 Å². The van der Waals surface area contributed by atoms with Crippen LogP contribution in [0.2, 0.25) is 5.02 Å². The Bertz CT molecular complexity index is 1030. The number of hydrogen-bond donors (Lipinski definition) is 1. The SMILES string of the molecule is CC(OC(=O)c1ccc(Cl)c(S(=O)(=O)N(C)C)c1)C(=O)Nc1ccc(C(C)C)cc1. The molecule has 0 aliphatic rings. The third-order valence-corrected chi connectivity index (χ3v) is 6.72. The zero-order valence-corrected chi connectivity index (χ0v) is 19.0. The molecule has 162 valence electrons. The Kier molecular flexibility index (Phi) is 7.63. The van der Waals surface area contributed by atoms with Gasteiger partial charge in [0.25, 0.3) is 5.91 Å². The van der Waals surface area contributed by atoms with E-state index in [9.17, 15) is 18.0 Å². The number of nitrogens with zero attached hydrogens (tertiary/aromatic N) is 1. The maximum Gasteiger partial charge on any atom is 0.338 e. The zero-order valence-electron chi connectivity index (χ0n) is 17.5. The third kappa shape index (κ3) is 5.59. The molecule has 2 aromatic rings. The molecule has 7 nitrogen and oxygen atoms in total. The smallest absolute Gasteiger partial charge is 0.338 e. The predicted molar refractivity (Wildman–Crippen MR) is 116 cm³/mol. The molecule has 2 rings (SSSR count). The van der Waals surface area contributed by atoms with Crippen molar-refractivity contribution in [2.75, 3.05) is 19.4 Å². The van der Waals surface area contributed by atoms with Crippen LogP contribution in [-0.4, -0.2) is 44.8 Å². The lowest BCUT2D eigenvalue weighted by Crippen LogP contribution is -2.30. The summed E-state index contributed by atoms with van der Waals surface area (Å²) >= 11 is 5.98. The molecule has 0 radical (unpaired) electrons. The van der Waals surface area contributed by atoms with Crippen molar-refractivity contribution in [1.82, 2.24) is 4.31 Å². The van der Waals surface area contributed by atoms with Crippen molar-refractivity contribution in [1.29, 1.82) is 0 Å². The highest BCUT2D eigenvalue weighted by Gasteiger charge is 2.24. The summed E-state index contributed by atoms with van der Waals surface area (Å²) in [5.74, 6) is -0.967. The third-order valence-electron chi connectivity index (χ3n) is 4.42. The molecule has 0 fully saturated rings. The van der Waals surface area contributed by atoms with Crippen LogP contribution in [0.5, 0.6) is 0 Å². The predicted octanol–water partition coefficient (Wildman–Crippen LogP) is 3.90. The number of esters is 1. The maximum absolute atomic E-state index is 12.4. The van der Waals surface area contributed by atoms with Gasteiger partial charge in [0.1, 0.15) is 4.90 Å². The lowest BCUT2D eigenvalue weighted by atomic mass is 10.0. The van der Waals surface area contributed by atoms with Gasteiger partial charge >= 0.3 is 5.97 Å². The standard InChI is InChI=1S/C21H25ClN2O5S/c1-13(2)15-6-9-17(10-7-15)23-20(25)14(3)29-21(26)16-8-11-18(22)19(12-16)30(27,28)24(4)5/h6-14H,1-5H3,(H,23,25). The first-order chi connectivity index (χ1) is 13.9. The molecule has 0 aromatic heterocycles. The van der Waals surface area contributed by atoms with Crippen LogP contribution in [-0.2, 0) is 19.6 Å². The molecule has 1 amide bonds. The fraction of sp³-hybridized carbons (Fsp3) is 0.333. The Morgan fingerprint density at radius 1 is 1.03 bits per heavy atom. The number of carbonyl (C=O) groups excluding carboxylic acids is 2. The van der Waals surface area contributed by atoms with Crippen molar-refractivity contribution in [3.05, 3.63) is 58.6 Å². The fourth-order valence-corrected chi connectivity index (χ4v) is 3.90. The minimum Gasteiger partial charge on any atom is -0.449 e. The number of sulfonamides is 1. The summed E-state index contributed by atoms with van der Waals surface area (Å²) in [4.78, 5) is 24.6. The van der Waals surface area contributed by atoms with Gasteiger partial charge < -0.3 is 10.1 Å². The molecule has 9 heteroatoms. The maximum atomic E-state index is 12.4. The molecule has 1 N–H and O–H groups in total. The van der Waals surface area contributed by atoms with Gasteiger partial charge in [-0.2, -0.15) is 0 Å². The first-order valence-electron chi connectivity index (χ1n) is 9.27. The summed E-state index contributed by atoms with van der Waals surface area (Å²) < 4.78 is 30.9. The topological polar surface area (TPSA) is 92.8 Å². The second-order valence-corrected chi connectivity index (χ2v) is 9.77. The van der Waals surface area contributed by atoms with E-state index >= 15 is 0 Å². The van der Waals surface area contributed by atoms with E-state index in [-0.39, 0.29) is 15.5 Å². The van der Waals surface area contributed by atoms with E-state index in [0.717, 1.165) is 15.9 Å². The number of hydrogen-bond acceptors (Lipinski definition) is 5. The van der Waals surface area contributed by atoms with Crippen molar-refractivity contribution in [2.45, 2.75) is 37.7 Å². The minimum atomic E-state index is -3.84. The van der Waals surface area contributed by atoms with Crippen LogP contribution in [0.4, 0.5) is 5.69 Å². The van der Waals surface area contributed by atoms with E-state index in [0.29, 0.717) is 11.6 Å². The minimum absolute atomic E-state index is 0.0177. The molecule has 0 heterocycles. The highest BCUT2D eigenvalue weighted by atomic mass is 35.5. The lowest BCUT2D eigenvalue weighted by molar-refractivity contribution is -0.123. The second-order valence-electron chi connectivity index (χ2n) is 7.25. The number of anilines is 1. The molecular weight excluding hydrogens is 428 g/mol. The molecule has 1 atom stereocenters. The van der Waals surface area contributed by atoms with Crippen LogP contribution >= 0.6 is 11.6 Å². The number of ether oxygens (including phenoxy) is 1. The van der Waals surface area contributed by atoms with Crippen molar-refractivity contribution >= 4 is 39.2 Å². The Morgan fingerprint density at radius 3 is 2.17 bits per heavy atom. The van der Waals surface area contributed by atoms with Gasteiger partial charge in [0.05, 0.1) is 10.6 Å². The quantitative estimate of drug-likeness (QED) is 0.643. The van der Waals surface area contributed by atoms with Gasteiger partial charge in [0.2, 0.25) is 10.0 Å². The molecule has 2 aromatic carbocycles. The second kappa shape index (κ2) is 9.59. The fourth-order valence-electron chi connectivity index (χ4n) is 2.50. The lowest BCUT2D eigenvalue weighted by Gasteiger charge is -2.16. The first kappa shape index (κ1) is 23.9. The van der Waals surface area contributed by atoms with Crippen LogP contribution in [0.15, 0.2) is 47.4 Å². The van der Waals surface area contributed by atoms with Crippen LogP contribution in [0.3, 0.4) is 0 Å². The van der Waals surface area contributed by atoms with Crippen LogP contribution in [0, 0.1) is 0 Å². The van der Waals surface area contributed by atoms with Gasteiger partial charge in [0, 0.05) is 19.8 Å². The van der Waals surface area contributed by atoms with Crippen LogP contribution in [0.25, 0.3) is 0 Å². The van der Waals surface area contributed by atoms with E-state index in [1.54, 1.807) is 12.1 Å². The summed E-state index contributed by atoms with van der Waals surface area (Å²) in [6.07, 6.45) is -1.09. The molecule has 30 heavy (non-hydrogen) atoms. The molecule has 0 saturated heterocycles. The number of halogens is 1. The van der Waals surface area contributed by atoms with Gasteiger partial charge in [-0.3, -0.25) is 4.79 Å². The summed E-state index contributed by atoms with van der Waals surface area (Å²) in [5.41, 5.74) is 1.69. The van der Waals surface area contributed by atoms with Crippen molar-refractivity contribution in [2.24, 2.45) is 0 Å². The number of rotatable bonds is 7. The summed E-state index contributed by atoms with van der Waals surface area (Å²) in [6.45, 7) is 5.57. The average molecular weight is 453 g/mol. The zero-order chi connectivity index (χ0) is 22.6. The molecule has 0 bridgehead atoms. The van der Waals surface area contributed by atoms with E-state index in [1.165, 1.54) is 33.2 Å². The number of carbonyl (C=O) groups is 2. The van der Waals surface area contributed by atoms with E-state index in [1.807, 2.05) is 12.1 Å². The number of nitrogens with one attached hydrogen (secondary N) is 1. The van der Waals surface area contributed by atoms with Gasteiger partial charge in [-0.1, -0.05) is 37.6 Å². The molecule has 0 aliphatic carbocycles. The van der Waals surface area contributed by atoms with Crippen molar-refractivity contribution < 1.29 is 22.7 Å². The Hall–Kier alpha value is -2.42. The Balaban J connectivity index is 2.10. The largest absolute Gasteiger partial charge is 0.449 e. The highest BCUT2D eigenvalue weighted by Crippen LogP contribution is 2.25. The molecule has 0 aliphatic heterocycles. The normalized spacial score (nSPS) is 12.7. The van der Waals surface area contributed by atoms with Crippen molar-refractivity contribution in [3.63, 3.8) is 0 Å². The number of benzene rings is 2. The Labute approximate surface area is 182 Å². The molecule has 0 spiro atoms. The first-order valence-corrected chi connectivity index (χ1v) is 11.1. The summed E-state index contributed by atoms with van der Waals surface area (Å²) in [7, 11) is -1.13. The summed E-state index contributed by atoms with van der Waals surface area (Å²) in [6, 6.07) is 11.2. The van der Waals surface area contributed by atoms with Gasteiger partial charge in [-0.15, -0.1) is 0 Å². The molecule has 0 saturated carbocycles. The van der Waals surface area contributed by atoms with E-state index < -0.39 is 28.0 Å². The van der Waals surface area contributed by atoms with Gasteiger partial charge in [-0.25, -0.2) is 17.5 Å². The molecule has 1 unspecified atom stereocenters. The highest BCUT2D eigenvalue weighted by molar-refractivity contribution is 7.89.